The second-order valence-electron chi connectivity index (χ2n) is 5.99. The lowest BCUT2D eigenvalue weighted by Crippen LogP contribution is -2.21. The van der Waals surface area contributed by atoms with Crippen molar-refractivity contribution in [2.45, 2.75) is 18.7 Å². The van der Waals surface area contributed by atoms with Gasteiger partial charge in [0.15, 0.2) is 0 Å². The summed E-state index contributed by atoms with van der Waals surface area (Å²) in [5.74, 6) is -0.653. The fourth-order valence-corrected chi connectivity index (χ4v) is 3.05. The Morgan fingerprint density at radius 1 is 1.07 bits per heavy atom. The summed E-state index contributed by atoms with van der Waals surface area (Å²) >= 11 is 0. The van der Waals surface area contributed by atoms with Crippen LogP contribution in [-0.2, 0) is 14.9 Å². The highest BCUT2D eigenvalue weighted by Gasteiger charge is 2.12. The monoisotopic (exact) mass is 414 g/mol. The third-order valence-corrected chi connectivity index (χ3v) is 5.02. The molecule has 3 N–H and O–H groups in total. The van der Waals surface area contributed by atoms with Gasteiger partial charge < -0.3 is 15.5 Å². The fraction of sp³-hybridized carbons (Fsp3) is 0.200. The van der Waals surface area contributed by atoms with Gasteiger partial charge in [0.1, 0.15) is 11.6 Å². The van der Waals surface area contributed by atoms with Crippen molar-refractivity contribution in [3.63, 3.8) is 0 Å². The van der Waals surface area contributed by atoms with E-state index in [2.05, 4.69) is 29.4 Å². The van der Waals surface area contributed by atoms with E-state index in [-0.39, 0.29) is 16.2 Å². The minimum Gasteiger partial charge on any atom is -0.372 e. The Morgan fingerprint density at radius 3 is 2.10 bits per heavy atom. The van der Waals surface area contributed by atoms with Gasteiger partial charge in [-0.2, -0.15) is 13.7 Å². The first kappa shape index (κ1) is 21.9. The molecule has 29 heavy (non-hydrogen) atoms. The van der Waals surface area contributed by atoms with Gasteiger partial charge in [-0.1, -0.05) is 0 Å². The van der Waals surface area contributed by atoms with Crippen LogP contribution in [0, 0.1) is 11.3 Å². The molecule has 0 unspecified atom stereocenters. The van der Waals surface area contributed by atoms with Gasteiger partial charge in [0.25, 0.3) is 16.0 Å². The molecule has 0 atom stereocenters. The highest BCUT2D eigenvalue weighted by atomic mass is 32.2. The molecule has 0 aromatic heterocycles. The Kier molecular flexibility index (Phi) is 7.36. The lowest BCUT2D eigenvalue weighted by molar-refractivity contribution is -0.112. The number of nitrogens with one attached hydrogen (secondary N) is 2. The van der Waals surface area contributed by atoms with E-state index in [0.29, 0.717) is 0 Å². The molecule has 0 bridgehead atoms. The fourth-order valence-electron chi connectivity index (χ4n) is 2.57. The quantitative estimate of drug-likeness (QED) is 0.344. The van der Waals surface area contributed by atoms with E-state index in [4.69, 9.17) is 4.55 Å². The zero-order valence-corrected chi connectivity index (χ0v) is 16.9. The molecule has 0 saturated heterocycles. The number of amides is 1. The van der Waals surface area contributed by atoms with Crippen molar-refractivity contribution in [1.29, 1.82) is 5.26 Å². The Balaban J connectivity index is 2.05. The average molecular weight is 414 g/mol. The molecule has 8 nitrogen and oxygen atoms in total. The molecule has 152 valence electrons. The maximum Gasteiger partial charge on any atom is 0.294 e. The molecule has 0 aliphatic rings. The minimum atomic E-state index is -4.31. The van der Waals surface area contributed by atoms with E-state index in [9.17, 15) is 18.5 Å². The lowest BCUT2D eigenvalue weighted by atomic mass is 10.2. The molecule has 0 saturated carbocycles. The van der Waals surface area contributed by atoms with Crippen molar-refractivity contribution < 1.29 is 17.8 Å². The van der Waals surface area contributed by atoms with Gasteiger partial charge in [-0.15, -0.1) is 0 Å². The molecule has 9 heteroatoms. The molecule has 0 aliphatic carbocycles. The van der Waals surface area contributed by atoms with Gasteiger partial charge in [0, 0.05) is 36.4 Å². The Morgan fingerprint density at radius 2 is 1.62 bits per heavy atom. The van der Waals surface area contributed by atoms with Crippen molar-refractivity contribution in [3.8, 4) is 6.07 Å². The molecule has 0 fully saturated rings. The lowest BCUT2D eigenvalue weighted by Gasteiger charge is -2.21. The second-order valence-corrected chi connectivity index (χ2v) is 7.41. The molecule has 0 radical (unpaired) electrons. The van der Waals surface area contributed by atoms with Crippen LogP contribution in [0.4, 0.5) is 17.1 Å². The number of hydrogen-bond acceptors (Lipinski definition) is 6. The molecule has 0 heterocycles. The first-order chi connectivity index (χ1) is 13.8. The summed E-state index contributed by atoms with van der Waals surface area (Å²) in [6, 6.07) is 14.4. The smallest absolute Gasteiger partial charge is 0.294 e. The van der Waals surface area contributed by atoms with Gasteiger partial charge >= 0.3 is 0 Å². The first-order valence-corrected chi connectivity index (χ1v) is 10.3. The van der Waals surface area contributed by atoms with Crippen LogP contribution in [0.15, 0.2) is 65.2 Å². The van der Waals surface area contributed by atoms with E-state index >= 15 is 0 Å². The summed E-state index contributed by atoms with van der Waals surface area (Å²) in [6.45, 7) is 5.94. The molecular formula is C20H22N4O4S. The standard InChI is InChI=1S/C20H22N4O4S/c1-3-24(4-2)18-9-5-16(6-10-18)22-14-15(13-21)20(25)23-17-7-11-19(12-8-17)29(26,27)28/h5-12,14,22H,3-4H2,1-2H3,(H,23,25)(H,26,27,28)/b15-14-. The molecule has 2 aromatic rings. The second kappa shape index (κ2) is 9.73. The average Bonchev–Trinajstić information content (AvgIpc) is 2.70. The molecule has 2 rings (SSSR count). The number of carbonyl (C=O) groups excluding carboxylic acids is 1. The molecule has 1 amide bonds. The molecule has 2 aromatic carbocycles. The summed E-state index contributed by atoms with van der Waals surface area (Å²) in [5.41, 5.74) is 1.93. The summed E-state index contributed by atoms with van der Waals surface area (Å²) in [6.07, 6.45) is 1.30. The van der Waals surface area contributed by atoms with Crippen molar-refractivity contribution in [2.24, 2.45) is 0 Å². The number of nitrogens with zero attached hydrogens (tertiary/aromatic N) is 2. The van der Waals surface area contributed by atoms with Crippen molar-refractivity contribution >= 4 is 33.1 Å². The zero-order chi connectivity index (χ0) is 21.4. The van der Waals surface area contributed by atoms with Crippen molar-refractivity contribution in [2.75, 3.05) is 28.6 Å². The van der Waals surface area contributed by atoms with Crippen LogP contribution in [0.3, 0.4) is 0 Å². The number of benzene rings is 2. The number of rotatable bonds is 8. The topological polar surface area (TPSA) is 123 Å². The summed E-state index contributed by atoms with van der Waals surface area (Å²) in [5, 5.41) is 14.7. The van der Waals surface area contributed by atoms with Crippen molar-refractivity contribution in [3.05, 3.63) is 60.3 Å². The minimum absolute atomic E-state index is 0.156. The van der Waals surface area contributed by atoms with Gasteiger partial charge in [-0.25, -0.2) is 0 Å². The van der Waals surface area contributed by atoms with Gasteiger partial charge in [-0.3, -0.25) is 9.35 Å². The molecule has 0 spiro atoms. The first-order valence-electron chi connectivity index (χ1n) is 8.89. The van der Waals surface area contributed by atoms with Crippen molar-refractivity contribution in [1.82, 2.24) is 0 Å². The Bertz CT molecular complexity index is 1020. The van der Waals surface area contributed by atoms with E-state index in [1.807, 2.05) is 30.3 Å². The maximum atomic E-state index is 12.3. The van der Waals surface area contributed by atoms with Crippen LogP contribution in [0.5, 0.6) is 0 Å². The normalized spacial score (nSPS) is 11.4. The van der Waals surface area contributed by atoms with Gasteiger partial charge in [-0.05, 0) is 62.4 Å². The van der Waals surface area contributed by atoms with E-state index in [0.717, 1.165) is 36.6 Å². The highest BCUT2D eigenvalue weighted by Crippen LogP contribution is 2.18. The SMILES string of the molecule is CCN(CC)c1ccc(N/C=C(/C#N)C(=O)Nc2ccc(S(=O)(=O)O)cc2)cc1. The van der Waals surface area contributed by atoms with E-state index in [1.54, 1.807) is 0 Å². The third-order valence-electron chi connectivity index (χ3n) is 4.15. The predicted molar refractivity (Wildman–Crippen MR) is 112 cm³/mol. The number of anilines is 3. The predicted octanol–water partition coefficient (Wildman–Crippen LogP) is 3.24. The third kappa shape index (κ3) is 6.07. The van der Waals surface area contributed by atoms with E-state index < -0.39 is 16.0 Å². The van der Waals surface area contributed by atoms with Crippen LogP contribution in [0.25, 0.3) is 0 Å². The van der Waals surface area contributed by atoms with Crippen LogP contribution < -0.4 is 15.5 Å². The maximum absolute atomic E-state index is 12.3. The Hall–Kier alpha value is -3.35. The molecular weight excluding hydrogens is 392 g/mol. The van der Waals surface area contributed by atoms with E-state index in [1.165, 1.54) is 18.3 Å². The van der Waals surface area contributed by atoms with Gasteiger partial charge in [0.2, 0.25) is 0 Å². The summed E-state index contributed by atoms with van der Waals surface area (Å²) in [4.78, 5) is 14.2. The van der Waals surface area contributed by atoms with Gasteiger partial charge in [0.05, 0.1) is 4.90 Å². The number of hydrogen-bond donors (Lipinski definition) is 3. The highest BCUT2D eigenvalue weighted by molar-refractivity contribution is 7.85. The number of nitriles is 1. The Labute approximate surface area is 170 Å². The molecule has 0 aliphatic heterocycles. The summed E-state index contributed by atoms with van der Waals surface area (Å²) in [7, 11) is -4.31. The zero-order valence-electron chi connectivity index (χ0n) is 16.1. The number of carbonyl (C=O) groups is 1. The van der Waals surface area contributed by atoms with Crippen LogP contribution in [0.2, 0.25) is 0 Å². The largest absolute Gasteiger partial charge is 0.372 e. The summed E-state index contributed by atoms with van der Waals surface area (Å²) < 4.78 is 31.0. The van der Waals surface area contributed by atoms with Crippen LogP contribution in [-0.4, -0.2) is 32.0 Å². The van der Waals surface area contributed by atoms with Crippen LogP contribution in [0.1, 0.15) is 13.8 Å². The van der Waals surface area contributed by atoms with Crippen LogP contribution >= 0.6 is 0 Å².